The van der Waals surface area contributed by atoms with Gasteiger partial charge >= 0.3 is 0 Å². The number of H-pyrrole nitrogens is 1. The zero-order valence-corrected chi connectivity index (χ0v) is 17.2. The number of nitrogens with one attached hydrogen (secondary N) is 2. The zero-order valence-electron chi connectivity index (χ0n) is 17.2. The van der Waals surface area contributed by atoms with Gasteiger partial charge in [-0.2, -0.15) is 19.6 Å². The van der Waals surface area contributed by atoms with Crippen LogP contribution in [-0.4, -0.2) is 55.9 Å². The number of nitrogens with zero attached hydrogens (tertiary/aromatic N) is 6. The number of imidazole rings is 1. The molecule has 1 saturated carbocycles. The molecule has 0 spiro atoms. The number of ether oxygens (including phenoxy) is 1. The summed E-state index contributed by atoms with van der Waals surface area (Å²) in [6, 6.07) is 3.23. The normalized spacial score (nSPS) is 17.0. The maximum Gasteiger partial charge on any atom is 0.230 e. The number of halogens is 1. The summed E-state index contributed by atoms with van der Waals surface area (Å²) in [7, 11) is 0. The van der Waals surface area contributed by atoms with Gasteiger partial charge in [-0.15, -0.1) is 0 Å². The van der Waals surface area contributed by atoms with E-state index in [9.17, 15) is 4.39 Å². The molecule has 6 rings (SSSR count). The minimum atomic E-state index is -0.254. The average Bonchev–Trinajstić information content (AvgIpc) is 3.42. The monoisotopic (exact) mass is 422 g/mol. The van der Waals surface area contributed by atoms with Crippen molar-refractivity contribution in [1.82, 2.24) is 29.5 Å². The Balaban J connectivity index is 1.34. The molecule has 0 amide bonds. The van der Waals surface area contributed by atoms with Crippen LogP contribution in [0.4, 0.5) is 16.3 Å². The summed E-state index contributed by atoms with van der Waals surface area (Å²) in [5.41, 5.74) is 4.04. The molecule has 0 unspecified atom stereocenters. The minimum Gasteiger partial charge on any atom is -0.378 e. The summed E-state index contributed by atoms with van der Waals surface area (Å²) < 4.78 is 21.1. The third-order valence-corrected chi connectivity index (χ3v) is 5.92. The van der Waals surface area contributed by atoms with Crippen molar-refractivity contribution in [3.63, 3.8) is 0 Å². The highest BCUT2D eigenvalue weighted by Gasteiger charge is 2.29. The fourth-order valence-corrected chi connectivity index (χ4v) is 4.02. The Hall–Kier alpha value is -3.27. The second-order valence-electron chi connectivity index (χ2n) is 8.21. The van der Waals surface area contributed by atoms with Crippen molar-refractivity contribution in [2.75, 3.05) is 36.5 Å². The Morgan fingerprint density at radius 2 is 2.03 bits per heavy atom. The third kappa shape index (κ3) is 3.36. The van der Waals surface area contributed by atoms with E-state index < -0.39 is 0 Å². The number of morpholine rings is 1. The van der Waals surface area contributed by atoms with E-state index in [2.05, 4.69) is 25.3 Å². The molecular formula is C21H23FN8O. The summed E-state index contributed by atoms with van der Waals surface area (Å²) in [6.07, 6.45) is 4.26. The maximum atomic E-state index is 13.9. The van der Waals surface area contributed by atoms with Crippen molar-refractivity contribution >= 4 is 28.6 Å². The van der Waals surface area contributed by atoms with Crippen molar-refractivity contribution in [3.8, 4) is 0 Å². The lowest BCUT2D eigenvalue weighted by Gasteiger charge is -2.27. The van der Waals surface area contributed by atoms with E-state index in [1.165, 1.54) is 24.5 Å². The first kappa shape index (κ1) is 18.5. The predicted molar refractivity (Wildman–Crippen MR) is 114 cm³/mol. The first-order chi connectivity index (χ1) is 15.2. The molecule has 1 saturated heterocycles. The number of hydrogen-bond donors (Lipinski definition) is 2. The van der Waals surface area contributed by atoms with Crippen LogP contribution in [0.5, 0.6) is 0 Å². The Labute approximate surface area is 177 Å². The van der Waals surface area contributed by atoms with E-state index in [4.69, 9.17) is 14.7 Å². The SMILES string of the molecule is Cc1cc2[nH]c(CNc3nc(N4CCOCC4)nc4c(C5CC5)cnn34)nc2cc1F. The third-order valence-electron chi connectivity index (χ3n) is 5.92. The van der Waals surface area contributed by atoms with Crippen molar-refractivity contribution in [2.45, 2.75) is 32.2 Å². The molecule has 1 aromatic carbocycles. The van der Waals surface area contributed by atoms with Crippen LogP contribution in [0.25, 0.3) is 16.7 Å². The topological polar surface area (TPSA) is 96.3 Å². The molecule has 0 atom stereocenters. The number of aryl methyl sites for hydroxylation is 1. The molecule has 9 nitrogen and oxygen atoms in total. The van der Waals surface area contributed by atoms with Gasteiger partial charge in [0.05, 0.1) is 37.0 Å². The molecular weight excluding hydrogens is 399 g/mol. The lowest BCUT2D eigenvalue weighted by molar-refractivity contribution is 0.122. The van der Waals surface area contributed by atoms with Crippen LogP contribution in [0, 0.1) is 12.7 Å². The van der Waals surface area contributed by atoms with E-state index >= 15 is 0 Å². The van der Waals surface area contributed by atoms with Crippen LogP contribution >= 0.6 is 0 Å². The van der Waals surface area contributed by atoms with Gasteiger partial charge < -0.3 is 19.9 Å². The molecule has 1 aliphatic heterocycles. The second kappa shape index (κ2) is 7.16. The van der Waals surface area contributed by atoms with Crippen LogP contribution in [0.2, 0.25) is 0 Å². The van der Waals surface area contributed by atoms with E-state index in [0.29, 0.717) is 54.5 Å². The Kier molecular flexibility index (Phi) is 4.27. The molecule has 4 aromatic rings. The lowest BCUT2D eigenvalue weighted by Crippen LogP contribution is -2.37. The molecule has 2 fully saturated rings. The first-order valence-corrected chi connectivity index (χ1v) is 10.6. The molecule has 2 aliphatic rings. The highest BCUT2D eigenvalue weighted by Crippen LogP contribution is 2.42. The van der Waals surface area contributed by atoms with Gasteiger partial charge in [-0.1, -0.05) is 0 Å². The van der Waals surface area contributed by atoms with Gasteiger partial charge in [-0.3, -0.25) is 0 Å². The molecule has 4 heterocycles. The van der Waals surface area contributed by atoms with Gasteiger partial charge in [-0.05, 0) is 37.3 Å². The highest BCUT2D eigenvalue weighted by molar-refractivity contribution is 5.76. The maximum absolute atomic E-state index is 13.9. The largest absolute Gasteiger partial charge is 0.378 e. The van der Waals surface area contributed by atoms with E-state index in [0.717, 1.165) is 24.3 Å². The Morgan fingerprint density at radius 3 is 2.84 bits per heavy atom. The summed E-state index contributed by atoms with van der Waals surface area (Å²) in [5.74, 6) is 2.28. The van der Waals surface area contributed by atoms with Crippen molar-refractivity contribution in [3.05, 3.63) is 41.1 Å². The molecule has 3 aromatic heterocycles. The Morgan fingerprint density at radius 1 is 1.19 bits per heavy atom. The number of aromatic amines is 1. The van der Waals surface area contributed by atoms with Gasteiger partial charge in [0, 0.05) is 24.7 Å². The number of rotatable bonds is 5. The zero-order chi connectivity index (χ0) is 20.9. The second-order valence-corrected chi connectivity index (χ2v) is 8.21. The fraction of sp³-hybridized carbons (Fsp3) is 0.429. The van der Waals surface area contributed by atoms with Crippen LogP contribution < -0.4 is 10.2 Å². The lowest BCUT2D eigenvalue weighted by atomic mass is 10.2. The van der Waals surface area contributed by atoms with Crippen molar-refractivity contribution in [2.24, 2.45) is 0 Å². The molecule has 0 radical (unpaired) electrons. The smallest absolute Gasteiger partial charge is 0.230 e. The van der Waals surface area contributed by atoms with Crippen LogP contribution in [0.1, 0.15) is 35.7 Å². The quantitative estimate of drug-likeness (QED) is 0.511. The highest BCUT2D eigenvalue weighted by atomic mass is 19.1. The molecule has 1 aliphatic carbocycles. The Bertz CT molecular complexity index is 1230. The molecule has 2 N–H and O–H groups in total. The average molecular weight is 422 g/mol. The fourth-order valence-electron chi connectivity index (χ4n) is 4.02. The van der Waals surface area contributed by atoms with Gasteiger partial charge in [0.25, 0.3) is 0 Å². The number of fused-ring (bicyclic) bond motifs is 2. The van der Waals surface area contributed by atoms with Gasteiger partial charge in [0.2, 0.25) is 11.9 Å². The number of hydrogen-bond acceptors (Lipinski definition) is 7. The van der Waals surface area contributed by atoms with E-state index in [1.54, 1.807) is 17.5 Å². The van der Waals surface area contributed by atoms with Crippen LogP contribution in [0.15, 0.2) is 18.3 Å². The summed E-state index contributed by atoms with van der Waals surface area (Å²) in [6.45, 7) is 5.01. The summed E-state index contributed by atoms with van der Waals surface area (Å²) >= 11 is 0. The minimum absolute atomic E-state index is 0.254. The molecule has 160 valence electrons. The summed E-state index contributed by atoms with van der Waals surface area (Å²) in [5, 5.41) is 7.90. The molecule has 0 bridgehead atoms. The number of aromatic nitrogens is 6. The van der Waals surface area contributed by atoms with Crippen LogP contribution in [-0.2, 0) is 11.3 Å². The molecule has 10 heteroatoms. The van der Waals surface area contributed by atoms with Gasteiger partial charge in [-0.25, -0.2) is 9.37 Å². The van der Waals surface area contributed by atoms with E-state index in [-0.39, 0.29) is 5.82 Å². The van der Waals surface area contributed by atoms with Crippen molar-refractivity contribution in [1.29, 1.82) is 0 Å². The van der Waals surface area contributed by atoms with E-state index in [1.807, 2.05) is 6.20 Å². The first-order valence-electron chi connectivity index (χ1n) is 10.6. The predicted octanol–water partition coefficient (Wildman–Crippen LogP) is 2.77. The number of benzene rings is 1. The van der Waals surface area contributed by atoms with Gasteiger partial charge in [0.1, 0.15) is 11.6 Å². The molecule has 31 heavy (non-hydrogen) atoms. The van der Waals surface area contributed by atoms with Crippen molar-refractivity contribution < 1.29 is 9.13 Å². The van der Waals surface area contributed by atoms with Gasteiger partial charge in [0.15, 0.2) is 5.65 Å². The van der Waals surface area contributed by atoms with Crippen LogP contribution in [0.3, 0.4) is 0 Å². The summed E-state index contributed by atoms with van der Waals surface area (Å²) in [4.78, 5) is 19.5. The standard InChI is InChI=1S/C21H23FN8O/c1-12-8-16-17(9-15(12)22)26-18(25-16)11-23-20-28-21(29-4-6-31-7-5-29)27-19-14(13-2-3-13)10-24-30(19)20/h8-10,13H,2-7,11H2,1H3,(H,25,26)(H,23,27,28). The number of anilines is 2.